The summed E-state index contributed by atoms with van der Waals surface area (Å²) in [6.07, 6.45) is 3.93. The third-order valence-corrected chi connectivity index (χ3v) is 10.3. The van der Waals surface area contributed by atoms with Crippen molar-refractivity contribution < 1.29 is 37.0 Å². The van der Waals surface area contributed by atoms with E-state index in [4.69, 9.17) is 37.4 Å². The lowest BCUT2D eigenvalue weighted by Gasteiger charge is -2.30. The van der Waals surface area contributed by atoms with Crippen LogP contribution in [0.1, 0.15) is 75.2 Å². The summed E-state index contributed by atoms with van der Waals surface area (Å²) in [4.78, 5) is 41.6. The summed E-state index contributed by atoms with van der Waals surface area (Å²) >= 11 is 12.4. The molecule has 300 valence electrons. The van der Waals surface area contributed by atoms with Gasteiger partial charge in [0.2, 0.25) is 10.0 Å². The van der Waals surface area contributed by atoms with Crippen molar-refractivity contribution in [2.45, 2.75) is 97.2 Å². The van der Waals surface area contributed by atoms with E-state index < -0.39 is 56.8 Å². The Labute approximate surface area is 333 Å². The molecular weight excluding hydrogens is 771 g/mol. The lowest BCUT2D eigenvalue weighted by atomic mass is 10.2. The normalized spacial score (nSPS) is 15.2. The fourth-order valence-corrected chi connectivity index (χ4v) is 7.97. The largest absolute Gasteiger partial charge is 0.459 e. The van der Waals surface area contributed by atoms with Gasteiger partial charge < -0.3 is 19.1 Å². The Balaban J connectivity index is 1.62. The molecule has 1 aliphatic carbocycles. The number of sulfonamides is 1. The highest BCUT2D eigenvalue weighted by Crippen LogP contribution is 2.33. The van der Waals surface area contributed by atoms with Crippen LogP contribution >= 0.6 is 23.2 Å². The molecule has 0 saturated heterocycles. The molecular formula is C38H50Cl2N6O8S. The second-order valence-corrected chi connectivity index (χ2v) is 19.1. The van der Waals surface area contributed by atoms with Crippen LogP contribution in [0.3, 0.4) is 0 Å². The Hall–Kier alpha value is -4.34. The van der Waals surface area contributed by atoms with Gasteiger partial charge in [-0.1, -0.05) is 23.2 Å². The monoisotopic (exact) mass is 820 g/mol. The number of carbonyl (C=O) groups excluding carboxylic acids is 3. The van der Waals surface area contributed by atoms with Crippen molar-refractivity contribution in [3.05, 3.63) is 64.8 Å². The molecule has 0 bridgehead atoms. The quantitative estimate of drug-likeness (QED) is 0.138. The maximum atomic E-state index is 14.1. The Morgan fingerprint density at radius 1 is 0.855 bits per heavy atom. The summed E-state index contributed by atoms with van der Waals surface area (Å²) in [5.41, 5.74) is -1.35. The van der Waals surface area contributed by atoms with E-state index in [1.807, 2.05) is 0 Å². The highest BCUT2D eigenvalue weighted by molar-refractivity contribution is 7.93. The predicted octanol–water partition coefficient (Wildman–Crippen LogP) is 7.91. The smallest absolute Gasteiger partial charge is 0.416 e. The molecule has 14 nitrogen and oxygen atoms in total. The van der Waals surface area contributed by atoms with Gasteiger partial charge in [-0.3, -0.25) is 18.6 Å². The minimum absolute atomic E-state index is 0.00724. The minimum Gasteiger partial charge on any atom is -0.459 e. The summed E-state index contributed by atoms with van der Waals surface area (Å²) in [7, 11) is -2.59. The molecule has 1 unspecified atom stereocenters. The summed E-state index contributed by atoms with van der Waals surface area (Å²) in [5.74, 6) is -0.0689. The molecule has 1 aromatic carbocycles. The van der Waals surface area contributed by atoms with Gasteiger partial charge >= 0.3 is 18.2 Å². The Morgan fingerprint density at radius 2 is 1.49 bits per heavy atom. The SMILES string of the molecule is CN(CCCN(C(=O)OC(C)(C)C)c1ccc(-n2ccc3cc(N(CC(=O)OC(C)(C)C)S(=O)(=O)C4C=C(Cl)C=C(Cl)C4)ccc32)nn1)C(=O)OC(C)(C)C. The van der Waals surface area contributed by atoms with Crippen LogP contribution in [0.25, 0.3) is 16.7 Å². The number of aromatic nitrogens is 3. The first-order chi connectivity index (χ1) is 25.3. The Morgan fingerprint density at radius 3 is 2.07 bits per heavy atom. The number of benzene rings is 1. The van der Waals surface area contributed by atoms with Crippen molar-refractivity contribution in [1.29, 1.82) is 0 Å². The number of rotatable bonds is 11. The van der Waals surface area contributed by atoms with Crippen LogP contribution in [0.5, 0.6) is 0 Å². The molecule has 0 radical (unpaired) electrons. The van der Waals surface area contributed by atoms with Crippen LogP contribution < -0.4 is 9.21 Å². The molecule has 0 fully saturated rings. The fourth-order valence-electron chi connectivity index (χ4n) is 5.45. The minimum atomic E-state index is -4.21. The number of nitrogens with zero attached hydrogens (tertiary/aromatic N) is 6. The number of allylic oxidation sites excluding steroid dienone is 3. The predicted molar refractivity (Wildman–Crippen MR) is 214 cm³/mol. The van der Waals surface area contributed by atoms with Crippen molar-refractivity contribution in [2.75, 3.05) is 35.9 Å². The zero-order valence-corrected chi connectivity index (χ0v) is 35.3. The third kappa shape index (κ3) is 12.1. The van der Waals surface area contributed by atoms with Crippen LogP contribution in [-0.4, -0.2) is 95.0 Å². The number of ether oxygens (including phenoxy) is 3. The second-order valence-electron chi connectivity index (χ2n) is 16.1. The van der Waals surface area contributed by atoms with Crippen LogP contribution in [0.2, 0.25) is 0 Å². The highest BCUT2D eigenvalue weighted by atomic mass is 35.5. The molecule has 4 rings (SSSR count). The molecule has 1 atom stereocenters. The highest BCUT2D eigenvalue weighted by Gasteiger charge is 2.36. The average molecular weight is 822 g/mol. The first-order valence-corrected chi connectivity index (χ1v) is 20.0. The van der Waals surface area contributed by atoms with Crippen molar-refractivity contribution >= 4 is 73.8 Å². The van der Waals surface area contributed by atoms with Crippen LogP contribution in [0, 0.1) is 0 Å². The van der Waals surface area contributed by atoms with Gasteiger partial charge in [0.05, 0.1) is 11.2 Å². The standard InChI is InChI=1S/C38H50Cl2N6O8S/c1-36(2,3)52-33(47)24-46(55(50,51)29-22-26(39)21-27(40)23-29)28-12-13-30-25(20-28)16-19-44(30)31-14-15-32(42-41-31)45(35(49)54-38(7,8)9)18-11-17-43(10)34(48)53-37(4,5)6/h12-16,19-22,29H,11,17-18,23-24H2,1-10H3. The summed E-state index contributed by atoms with van der Waals surface area (Å²) in [6, 6.07) is 10.1. The van der Waals surface area contributed by atoms with E-state index in [9.17, 15) is 22.8 Å². The van der Waals surface area contributed by atoms with E-state index in [1.54, 1.807) is 117 Å². The van der Waals surface area contributed by atoms with E-state index in [0.717, 1.165) is 4.31 Å². The van der Waals surface area contributed by atoms with Gasteiger partial charge in [0.1, 0.15) is 28.6 Å². The average Bonchev–Trinajstić information content (AvgIpc) is 3.46. The van der Waals surface area contributed by atoms with Gasteiger partial charge in [0.25, 0.3) is 0 Å². The van der Waals surface area contributed by atoms with Gasteiger partial charge in [-0.2, -0.15) is 0 Å². The molecule has 2 aromatic heterocycles. The Bertz CT molecular complexity index is 2060. The molecule has 0 saturated carbocycles. The number of hydrogen-bond donors (Lipinski definition) is 0. The lowest BCUT2D eigenvalue weighted by molar-refractivity contribution is -0.152. The number of amides is 2. The van der Waals surface area contributed by atoms with Gasteiger partial charge in [-0.25, -0.2) is 18.0 Å². The summed E-state index contributed by atoms with van der Waals surface area (Å²) in [6.45, 7) is 15.7. The molecule has 0 aliphatic heterocycles. The van der Waals surface area contributed by atoms with Crippen molar-refractivity contribution in [3.63, 3.8) is 0 Å². The maximum absolute atomic E-state index is 14.1. The van der Waals surface area contributed by atoms with E-state index >= 15 is 0 Å². The summed E-state index contributed by atoms with van der Waals surface area (Å²) < 4.78 is 47.5. The van der Waals surface area contributed by atoms with Crippen molar-refractivity contribution in [3.8, 4) is 5.82 Å². The van der Waals surface area contributed by atoms with Gasteiger partial charge in [-0.05, 0) is 117 Å². The molecule has 3 aromatic rings. The van der Waals surface area contributed by atoms with Gasteiger partial charge in [0, 0.05) is 48.2 Å². The number of halogens is 2. The number of hydrogen-bond acceptors (Lipinski definition) is 10. The van der Waals surface area contributed by atoms with Crippen LogP contribution in [0.4, 0.5) is 21.1 Å². The molecule has 0 N–H and O–H groups in total. The Kier molecular flexibility index (Phi) is 13.3. The number of esters is 1. The zero-order valence-electron chi connectivity index (χ0n) is 32.9. The number of fused-ring (bicyclic) bond motifs is 1. The number of anilines is 2. The fraction of sp³-hybridized carbons (Fsp3) is 0.500. The van der Waals surface area contributed by atoms with Crippen LogP contribution in [-0.2, 0) is 29.0 Å². The number of carbonyl (C=O) groups is 3. The molecule has 2 heterocycles. The van der Waals surface area contributed by atoms with Crippen molar-refractivity contribution in [2.24, 2.45) is 0 Å². The first kappa shape index (κ1) is 43.4. The molecule has 17 heteroatoms. The van der Waals surface area contributed by atoms with Crippen LogP contribution in [0.15, 0.2) is 64.8 Å². The lowest BCUT2D eigenvalue weighted by Crippen LogP contribution is -2.43. The van der Waals surface area contributed by atoms with Crippen molar-refractivity contribution in [1.82, 2.24) is 19.7 Å². The first-order valence-electron chi connectivity index (χ1n) is 17.7. The molecule has 2 amide bonds. The zero-order chi connectivity index (χ0) is 41.1. The maximum Gasteiger partial charge on any atom is 0.416 e. The topological polar surface area (TPSA) is 153 Å². The van der Waals surface area contributed by atoms with E-state index in [0.29, 0.717) is 29.7 Å². The van der Waals surface area contributed by atoms with E-state index in [1.165, 1.54) is 22.0 Å². The van der Waals surface area contributed by atoms with E-state index in [-0.39, 0.29) is 34.5 Å². The van der Waals surface area contributed by atoms with Gasteiger partial charge in [0.15, 0.2) is 11.6 Å². The second kappa shape index (κ2) is 16.8. The molecule has 55 heavy (non-hydrogen) atoms. The summed E-state index contributed by atoms with van der Waals surface area (Å²) in [5, 5.41) is 8.75. The van der Waals surface area contributed by atoms with E-state index in [2.05, 4.69) is 10.2 Å². The molecule has 0 spiro atoms. The van der Waals surface area contributed by atoms with Gasteiger partial charge in [-0.15, -0.1) is 10.2 Å². The third-order valence-electron chi connectivity index (χ3n) is 7.73. The molecule has 1 aliphatic rings.